The molecule has 0 unspecified atom stereocenters. The average molecular weight is 366 g/mol. The number of carbonyl (C=O) groups is 3. The van der Waals surface area contributed by atoms with Crippen molar-refractivity contribution in [1.29, 1.82) is 0 Å². The van der Waals surface area contributed by atoms with Crippen molar-refractivity contribution in [2.45, 2.75) is 18.8 Å². The Kier molecular flexibility index (Phi) is 5.54. The zero-order valence-corrected chi connectivity index (χ0v) is 15.1. The lowest BCUT2D eigenvalue weighted by molar-refractivity contribution is -0.152. The maximum absolute atomic E-state index is 12.9. The molecule has 6 nitrogen and oxygen atoms in total. The normalized spacial score (nSPS) is 21.4. The fourth-order valence-corrected chi connectivity index (χ4v) is 3.51. The van der Waals surface area contributed by atoms with Gasteiger partial charge < -0.3 is 15.4 Å². The molecule has 1 aliphatic heterocycles. The van der Waals surface area contributed by atoms with Crippen LogP contribution in [0.1, 0.15) is 18.9 Å². The number of para-hydroxylation sites is 1. The van der Waals surface area contributed by atoms with Crippen LogP contribution in [0.3, 0.4) is 0 Å². The lowest BCUT2D eigenvalue weighted by atomic mass is 9.70. The lowest BCUT2D eigenvalue weighted by Crippen LogP contribution is -2.46. The smallest absolute Gasteiger partial charge is 0.319 e. The topological polar surface area (TPSA) is 84.5 Å². The van der Waals surface area contributed by atoms with E-state index in [4.69, 9.17) is 4.74 Å². The number of rotatable bonds is 6. The van der Waals surface area contributed by atoms with Crippen molar-refractivity contribution >= 4 is 23.5 Å². The Bertz CT molecular complexity index is 823. The summed E-state index contributed by atoms with van der Waals surface area (Å²) in [5.41, 5.74) is 0.0872. The predicted molar refractivity (Wildman–Crippen MR) is 101 cm³/mol. The highest BCUT2D eigenvalue weighted by molar-refractivity contribution is 6.00. The fraction of sp³-hybridized carbons (Fsp3) is 0.286. The number of ether oxygens (including phenoxy) is 1. The molecule has 0 spiro atoms. The van der Waals surface area contributed by atoms with E-state index in [0.29, 0.717) is 11.3 Å². The van der Waals surface area contributed by atoms with Gasteiger partial charge in [0.1, 0.15) is 5.41 Å². The molecule has 6 heteroatoms. The summed E-state index contributed by atoms with van der Waals surface area (Å²) in [5, 5.41) is 5.53. The molecule has 3 rings (SSSR count). The first-order chi connectivity index (χ1) is 13.1. The van der Waals surface area contributed by atoms with Crippen LogP contribution >= 0.6 is 0 Å². The van der Waals surface area contributed by atoms with E-state index in [-0.39, 0.29) is 31.4 Å². The Hall–Kier alpha value is -3.15. The lowest BCUT2D eigenvalue weighted by Gasteiger charge is -2.31. The van der Waals surface area contributed by atoms with Gasteiger partial charge in [-0.25, -0.2) is 0 Å². The molecular weight excluding hydrogens is 344 g/mol. The summed E-state index contributed by atoms with van der Waals surface area (Å²) in [7, 11) is 0. The van der Waals surface area contributed by atoms with E-state index in [2.05, 4.69) is 10.6 Å². The van der Waals surface area contributed by atoms with Crippen LogP contribution in [-0.4, -0.2) is 30.9 Å². The third kappa shape index (κ3) is 3.69. The van der Waals surface area contributed by atoms with Gasteiger partial charge in [-0.15, -0.1) is 0 Å². The first kappa shape index (κ1) is 18.6. The van der Waals surface area contributed by atoms with Crippen LogP contribution in [-0.2, 0) is 24.5 Å². The van der Waals surface area contributed by atoms with Crippen molar-refractivity contribution < 1.29 is 19.1 Å². The molecule has 2 N–H and O–H groups in total. The highest BCUT2D eigenvalue weighted by Gasteiger charge is 2.56. The molecule has 0 aromatic heterocycles. The molecule has 1 heterocycles. The van der Waals surface area contributed by atoms with Gasteiger partial charge in [0.25, 0.3) is 0 Å². The van der Waals surface area contributed by atoms with E-state index in [1.807, 2.05) is 24.3 Å². The van der Waals surface area contributed by atoms with Crippen molar-refractivity contribution in [3.8, 4) is 0 Å². The molecule has 2 aromatic rings. The molecule has 0 aliphatic carbocycles. The van der Waals surface area contributed by atoms with Crippen LogP contribution in [0.4, 0.5) is 5.69 Å². The molecule has 2 amide bonds. The Morgan fingerprint density at radius 1 is 1.11 bits per heavy atom. The number of benzene rings is 2. The number of nitrogens with one attached hydrogen (secondary N) is 2. The predicted octanol–water partition coefficient (Wildman–Crippen LogP) is 2.26. The van der Waals surface area contributed by atoms with Crippen molar-refractivity contribution in [2.75, 3.05) is 18.5 Å². The molecule has 1 saturated heterocycles. The van der Waals surface area contributed by atoms with Crippen LogP contribution < -0.4 is 10.6 Å². The molecule has 1 fully saturated rings. The second kappa shape index (κ2) is 8.03. The standard InChI is InChI=1S/C21H22N2O4/c1-2-27-20(26)21(15-9-5-3-6-10-15)14-22-19(25)17(21)13-18(24)23-16-11-7-4-8-12-16/h3-12,17H,2,13-14H2,1H3,(H,22,25)(H,23,24)/t17-,21+/m1/s1. The molecule has 140 valence electrons. The maximum atomic E-state index is 12.9. The third-order valence-electron chi connectivity index (χ3n) is 4.83. The Balaban J connectivity index is 1.91. The fourth-order valence-electron chi connectivity index (χ4n) is 3.51. The molecule has 2 atom stereocenters. The van der Waals surface area contributed by atoms with Crippen molar-refractivity contribution in [2.24, 2.45) is 5.92 Å². The number of carbonyl (C=O) groups excluding carboxylic acids is 3. The van der Waals surface area contributed by atoms with E-state index in [1.54, 1.807) is 43.3 Å². The number of anilines is 1. The van der Waals surface area contributed by atoms with Crippen molar-refractivity contribution in [3.05, 3.63) is 66.2 Å². The van der Waals surface area contributed by atoms with Crippen molar-refractivity contribution in [3.63, 3.8) is 0 Å². The molecule has 0 bridgehead atoms. The van der Waals surface area contributed by atoms with E-state index < -0.39 is 17.3 Å². The summed E-state index contributed by atoms with van der Waals surface area (Å²) in [4.78, 5) is 38.0. The molecule has 0 saturated carbocycles. The summed E-state index contributed by atoms with van der Waals surface area (Å²) in [6.45, 7) is 2.03. The highest BCUT2D eigenvalue weighted by atomic mass is 16.5. The maximum Gasteiger partial charge on any atom is 0.319 e. The van der Waals surface area contributed by atoms with Crippen LogP contribution in [0.15, 0.2) is 60.7 Å². The zero-order chi connectivity index (χ0) is 19.3. The van der Waals surface area contributed by atoms with Gasteiger partial charge in [0.2, 0.25) is 11.8 Å². The molecule has 27 heavy (non-hydrogen) atoms. The summed E-state index contributed by atoms with van der Waals surface area (Å²) in [6.07, 6.45) is -0.117. The minimum atomic E-state index is -1.22. The van der Waals surface area contributed by atoms with Gasteiger partial charge in [-0.2, -0.15) is 0 Å². The van der Waals surface area contributed by atoms with E-state index in [1.165, 1.54) is 0 Å². The molecule has 2 aromatic carbocycles. The van der Waals surface area contributed by atoms with Gasteiger partial charge in [0.05, 0.1) is 12.5 Å². The van der Waals surface area contributed by atoms with Gasteiger partial charge in [-0.05, 0) is 24.6 Å². The molecular formula is C21H22N2O4. The summed E-state index contributed by atoms with van der Waals surface area (Å²) < 4.78 is 5.30. The summed E-state index contributed by atoms with van der Waals surface area (Å²) in [5.74, 6) is -1.99. The van der Waals surface area contributed by atoms with Gasteiger partial charge in [0.15, 0.2) is 0 Å². The van der Waals surface area contributed by atoms with Crippen molar-refractivity contribution in [1.82, 2.24) is 5.32 Å². The van der Waals surface area contributed by atoms with Gasteiger partial charge >= 0.3 is 5.97 Å². The van der Waals surface area contributed by atoms with Gasteiger partial charge in [-0.1, -0.05) is 48.5 Å². The van der Waals surface area contributed by atoms with Crippen LogP contribution in [0.5, 0.6) is 0 Å². The van der Waals surface area contributed by atoms with Crippen LogP contribution in [0, 0.1) is 5.92 Å². The van der Waals surface area contributed by atoms with E-state index >= 15 is 0 Å². The van der Waals surface area contributed by atoms with E-state index in [9.17, 15) is 14.4 Å². The van der Waals surface area contributed by atoms with Crippen LogP contribution in [0.2, 0.25) is 0 Å². The largest absolute Gasteiger partial charge is 0.465 e. The monoisotopic (exact) mass is 366 g/mol. The minimum absolute atomic E-state index is 0.109. The zero-order valence-electron chi connectivity index (χ0n) is 15.1. The summed E-state index contributed by atoms with van der Waals surface area (Å²) in [6, 6.07) is 18.0. The van der Waals surface area contributed by atoms with E-state index in [0.717, 1.165) is 0 Å². The minimum Gasteiger partial charge on any atom is -0.465 e. The number of amides is 2. The average Bonchev–Trinajstić information content (AvgIpc) is 3.01. The molecule has 1 aliphatic rings. The first-order valence-electron chi connectivity index (χ1n) is 8.93. The number of esters is 1. The first-order valence-corrected chi connectivity index (χ1v) is 8.93. The summed E-state index contributed by atoms with van der Waals surface area (Å²) >= 11 is 0. The second-order valence-corrected chi connectivity index (χ2v) is 6.45. The van der Waals surface area contributed by atoms with Crippen LogP contribution in [0.25, 0.3) is 0 Å². The number of hydrogen-bond acceptors (Lipinski definition) is 4. The van der Waals surface area contributed by atoms with Gasteiger partial charge in [0, 0.05) is 18.7 Å². The highest BCUT2D eigenvalue weighted by Crippen LogP contribution is 2.39. The third-order valence-corrected chi connectivity index (χ3v) is 4.83. The Labute approximate surface area is 157 Å². The second-order valence-electron chi connectivity index (χ2n) is 6.45. The SMILES string of the molecule is CCOC(=O)[C@]1(c2ccccc2)CNC(=O)[C@H]1CC(=O)Nc1ccccc1. The number of hydrogen-bond donors (Lipinski definition) is 2. The Morgan fingerprint density at radius 2 is 1.74 bits per heavy atom. The quantitative estimate of drug-likeness (QED) is 0.768. The Morgan fingerprint density at radius 3 is 2.37 bits per heavy atom. The molecule has 0 radical (unpaired) electrons. The van der Waals surface area contributed by atoms with Gasteiger partial charge in [-0.3, -0.25) is 14.4 Å².